The summed E-state index contributed by atoms with van der Waals surface area (Å²) in [5.41, 5.74) is 0.993. The van der Waals surface area contributed by atoms with E-state index in [2.05, 4.69) is 0 Å². The van der Waals surface area contributed by atoms with Gasteiger partial charge in [0, 0.05) is 6.08 Å². The maximum Gasteiger partial charge on any atom is 0.328 e. The molecule has 0 aliphatic rings. The van der Waals surface area contributed by atoms with Gasteiger partial charge in [0.05, 0.1) is 0 Å². The fourth-order valence-electron chi connectivity index (χ4n) is 0.836. The van der Waals surface area contributed by atoms with Crippen LogP contribution in [0.1, 0.15) is 27.2 Å². The Morgan fingerprint density at radius 3 is 2.20 bits per heavy atom. The molecule has 0 spiro atoms. The van der Waals surface area contributed by atoms with Crippen molar-refractivity contribution in [2.75, 3.05) is 0 Å². The maximum absolute atomic E-state index is 10.2. The smallest absolute Gasteiger partial charge is 0.328 e. The summed E-state index contributed by atoms with van der Waals surface area (Å²) in [6.45, 7) is 5.96. The topological polar surface area (TPSA) is 37.3 Å². The number of aliphatic carboxylic acids is 1. The van der Waals surface area contributed by atoms with Crippen molar-refractivity contribution < 1.29 is 9.90 Å². The molecule has 0 saturated heterocycles. The predicted octanol–water partition coefficient (Wildman–Crippen LogP) is 2.06. The first-order chi connectivity index (χ1) is 4.57. The van der Waals surface area contributed by atoms with E-state index in [1.807, 2.05) is 20.8 Å². The molecule has 0 bridgehead atoms. The average molecular weight is 142 g/mol. The molecule has 10 heavy (non-hydrogen) atoms. The SMILES string of the molecule is CCC(=CC(=O)O)C(C)C. The van der Waals surface area contributed by atoms with E-state index in [0.29, 0.717) is 5.92 Å². The summed E-state index contributed by atoms with van der Waals surface area (Å²) in [5, 5.41) is 8.39. The van der Waals surface area contributed by atoms with Crippen LogP contribution in [-0.2, 0) is 4.79 Å². The summed E-state index contributed by atoms with van der Waals surface area (Å²) in [4.78, 5) is 10.2. The van der Waals surface area contributed by atoms with Crippen LogP contribution in [0.5, 0.6) is 0 Å². The van der Waals surface area contributed by atoms with Gasteiger partial charge in [-0.25, -0.2) is 4.79 Å². The lowest BCUT2D eigenvalue weighted by molar-refractivity contribution is -0.131. The van der Waals surface area contributed by atoms with Crippen molar-refractivity contribution in [3.8, 4) is 0 Å². The van der Waals surface area contributed by atoms with Crippen LogP contribution in [0.15, 0.2) is 11.6 Å². The highest BCUT2D eigenvalue weighted by atomic mass is 16.4. The van der Waals surface area contributed by atoms with Crippen LogP contribution in [0.3, 0.4) is 0 Å². The van der Waals surface area contributed by atoms with E-state index < -0.39 is 5.97 Å². The van der Waals surface area contributed by atoms with Crippen LogP contribution in [0, 0.1) is 5.92 Å². The van der Waals surface area contributed by atoms with E-state index in [0.717, 1.165) is 12.0 Å². The minimum absolute atomic E-state index is 0.348. The summed E-state index contributed by atoms with van der Waals surface area (Å²) >= 11 is 0. The minimum atomic E-state index is -0.842. The molecule has 2 heteroatoms. The number of carboxylic acid groups (broad SMARTS) is 1. The Hall–Kier alpha value is -0.790. The van der Waals surface area contributed by atoms with Gasteiger partial charge in [0.1, 0.15) is 0 Å². The summed E-state index contributed by atoms with van der Waals surface area (Å²) in [6.07, 6.45) is 2.12. The van der Waals surface area contributed by atoms with Crippen LogP contribution < -0.4 is 0 Å². The second kappa shape index (κ2) is 4.09. The minimum Gasteiger partial charge on any atom is -0.478 e. The fourth-order valence-corrected chi connectivity index (χ4v) is 0.836. The number of hydrogen-bond acceptors (Lipinski definition) is 1. The molecule has 1 N–H and O–H groups in total. The second-order valence-corrected chi connectivity index (χ2v) is 2.57. The monoisotopic (exact) mass is 142 g/mol. The molecule has 0 atom stereocenters. The number of carboxylic acids is 1. The van der Waals surface area contributed by atoms with Crippen molar-refractivity contribution in [2.24, 2.45) is 5.92 Å². The van der Waals surface area contributed by atoms with Gasteiger partial charge in [0.2, 0.25) is 0 Å². The summed E-state index contributed by atoms with van der Waals surface area (Å²) in [6, 6.07) is 0. The van der Waals surface area contributed by atoms with Crippen LogP contribution in [0.2, 0.25) is 0 Å². The van der Waals surface area contributed by atoms with Gasteiger partial charge in [-0.05, 0) is 12.3 Å². The van der Waals surface area contributed by atoms with Gasteiger partial charge in [-0.3, -0.25) is 0 Å². The largest absolute Gasteiger partial charge is 0.478 e. The summed E-state index contributed by atoms with van der Waals surface area (Å²) in [5.74, 6) is -0.494. The standard InChI is InChI=1S/C8H14O2/c1-4-7(6(2)3)5-8(9)10/h5-6H,4H2,1-3H3,(H,9,10). The normalized spacial score (nSPS) is 12.2. The molecular formula is C8H14O2. The van der Waals surface area contributed by atoms with Gasteiger partial charge in [0.25, 0.3) is 0 Å². The van der Waals surface area contributed by atoms with Crippen molar-refractivity contribution in [1.29, 1.82) is 0 Å². The average Bonchev–Trinajstić information content (AvgIpc) is 1.81. The van der Waals surface area contributed by atoms with E-state index in [1.54, 1.807) is 0 Å². The van der Waals surface area contributed by atoms with E-state index in [1.165, 1.54) is 6.08 Å². The molecule has 0 heterocycles. The second-order valence-electron chi connectivity index (χ2n) is 2.57. The van der Waals surface area contributed by atoms with Crippen LogP contribution >= 0.6 is 0 Å². The van der Waals surface area contributed by atoms with Crippen molar-refractivity contribution in [1.82, 2.24) is 0 Å². The molecule has 0 unspecified atom stereocenters. The van der Waals surface area contributed by atoms with Crippen molar-refractivity contribution in [3.63, 3.8) is 0 Å². The van der Waals surface area contributed by atoms with Gasteiger partial charge in [0.15, 0.2) is 0 Å². The molecule has 0 rings (SSSR count). The third-order valence-electron chi connectivity index (χ3n) is 1.46. The zero-order valence-electron chi connectivity index (χ0n) is 6.72. The molecule has 0 aromatic carbocycles. The van der Waals surface area contributed by atoms with Crippen LogP contribution in [0.25, 0.3) is 0 Å². The summed E-state index contributed by atoms with van der Waals surface area (Å²) < 4.78 is 0. The van der Waals surface area contributed by atoms with Gasteiger partial charge in [-0.2, -0.15) is 0 Å². The molecule has 0 radical (unpaired) electrons. The zero-order chi connectivity index (χ0) is 8.15. The third-order valence-corrected chi connectivity index (χ3v) is 1.46. The Kier molecular flexibility index (Phi) is 3.77. The van der Waals surface area contributed by atoms with Crippen LogP contribution in [-0.4, -0.2) is 11.1 Å². The highest BCUT2D eigenvalue weighted by molar-refractivity contribution is 5.80. The molecule has 0 fully saturated rings. The lowest BCUT2D eigenvalue weighted by Crippen LogP contribution is -1.97. The first-order valence-electron chi connectivity index (χ1n) is 3.51. The highest BCUT2D eigenvalue weighted by Gasteiger charge is 2.01. The van der Waals surface area contributed by atoms with Gasteiger partial charge < -0.3 is 5.11 Å². The Morgan fingerprint density at radius 2 is 2.10 bits per heavy atom. The molecule has 0 aliphatic heterocycles. The quantitative estimate of drug-likeness (QED) is 0.612. The molecule has 58 valence electrons. The predicted molar refractivity (Wildman–Crippen MR) is 40.8 cm³/mol. The van der Waals surface area contributed by atoms with Crippen molar-refractivity contribution in [2.45, 2.75) is 27.2 Å². The molecule has 0 amide bonds. The Labute approximate surface area is 61.6 Å². The number of hydrogen-bond donors (Lipinski definition) is 1. The Morgan fingerprint density at radius 1 is 1.60 bits per heavy atom. The van der Waals surface area contributed by atoms with Crippen molar-refractivity contribution in [3.05, 3.63) is 11.6 Å². The van der Waals surface area contributed by atoms with Crippen molar-refractivity contribution >= 4 is 5.97 Å². The van der Waals surface area contributed by atoms with E-state index >= 15 is 0 Å². The lowest BCUT2D eigenvalue weighted by Gasteiger charge is -2.05. The molecule has 0 aromatic heterocycles. The first-order valence-corrected chi connectivity index (χ1v) is 3.51. The van der Waals surface area contributed by atoms with Gasteiger partial charge >= 0.3 is 5.97 Å². The first kappa shape index (κ1) is 9.21. The van der Waals surface area contributed by atoms with Gasteiger partial charge in [-0.1, -0.05) is 26.3 Å². The fraction of sp³-hybridized carbons (Fsp3) is 0.625. The zero-order valence-corrected chi connectivity index (χ0v) is 6.72. The highest BCUT2D eigenvalue weighted by Crippen LogP contribution is 2.12. The Bertz CT molecular complexity index is 145. The molecule has 0 aromatic rings. The molecule has 0 aliphatic carbocycles. The van der Waals surface area contributed by atoms with E-state index in [9.17, 15) is 4.79 Å². The molecular weight excluding hydrogens is 128 g/mol. The summed E-state index contributed by atoms with van der Waals surface area (Å²) in [7, 11) is 0. The maximum atomic E-state index is 10.2. The molecule has 2 nitrogen and oxygen atoms in total. The molecule has 0 saturated carbocycles. The lowest BCUT2D eigenvalue weighted by atomic mass is 10.0. The van der Waals surface area contributed by atoms with E-state index in [4.69, 9.17) is 5.11 Å². The number of carbonyl (C=O) groups is 1. The third kappa shape index (κ3) is 3.28. The Balaban J connectivity index is 4.18. The van der Waals surface area contributed by atoms with E-state index in [-0.39, 0.29) is 0 Å². The number of allylic oxidation sites excluding steroid dienone is 1. The van der Waals surface area contributed by atoms with Crippen LogP contribution in [0.4, 0.5) is 0 Å². The van der Waals surface area contributed by atoms with Gasteiger partial charge in [-0.15, -0.1) is 0 Å². The number of rotatable bonds is 3.